The third-order valence-electron chi connectivity index (χ3n) is 6.81. The van der Waals surface area contributed by atoms with E-state index in [1.165, 1.54) is 48.5 Å². The van der Waals surface area contributed by atoms with Crippen molar-refractivity contribution < 1.29 is 50.5 Å². The highest BCUT2D eigenvalue weighted by Gasteiger charge is 2.40. The first-order valence-electron chi connectivity index (χ1n) is 12.9. The zero-order valence-electron chi connectivity index (χ0n) is 21.9. The summed E-state index contributed by atoms with van der Waals surface area (Å²) >= 11 is 0. The molecule has 0 saturated heterocycles. The van der Waals surface area contributed by atoms with Crippen molar-refractivity contribution in [2.45, 2.75) is 56.4 Å². The topological polar surface area (TPSA) is 96.9 Å². The highest BCUT2D eigenvalue weighted by Crippen LogP contribution is 2.38. The van der Waals surface area contributed by atoms with Crippen LogP contribution in [-0.2, 0) is 12.0 Å². The molecule has 2 amide bonds. The number of alkyl halides is 6. The van der Waals surface area contributed by atoms with Gasteiger partial charge in [0.2, 0.25) is 0 Å². The average Bonchev–Trinajstić information content (AvgIpc) is 3.40. The molecule has 3 aromatic rings. The number of aromatic carboxylic acids is 1. The maximum Gasteiger partial charge on any atom is 0.573 e. The lowest BCUT2D eigenvalue weighted by atomic mass is 9.77. The zero-order valence-corrected chi connectivity index (χ0v) is 21.9. The maximum atomic E-state index is 13.4. The summed E-state index contributed by atoms with van der Waals surface area (Å²) in [5, 5.41) is 14.9. The van der Waals surface area contributed by atoms with Gasteiger partial charge in [-0.15, -0.1) is 26.3 Å². The Kier molecular flexibility index (Phi) is 8.88. The predicted octanol–water partition coefficient (Wildman–Crippen LogP) is 6.91. The van der Waals surface area contributed by atoms with Crippen LogP contribution in [0.1, 0.15) is 52.7 Å². The van der Waals surface area contributed by atoms with Gasteiger partial charge in [0.1, 0.15) is 11.5 Å². The average molecular weight is 597 g/mol. The monoisotopic (exact) mass is 596 g/mol. The van der Waals surface area contributed by atoms with Gasteiger partial charge in [-0.1, -0.05) is 49.2 Å². The molecular formula is C29H26F6N2O5. The molecule has 1 fully saturated rings. The quantitative estimate of drug-likeness (QED) is 0.233. The second-order valence-corrected chi connectivity index (χ2v) is 9.82. The molecule has 1 saturated carbocycles. The molecule has 1 aliphatic carbocycles. The molecular weight excluding hydrogens is 570 g/mol. The molecule has 0 aliphatic heterocycles. The molecule has 0 heterocycles. The van der Waals surface area contributed by atoms with E-state index in [4.69, 9.17) is 0 Å². The Balaban J connectivity index is 1.88. The standard InChI is InChI=1S/C29H26F6N2O5/c30-28(31,32)41-23-9-3-5-20(15-23)27(37-26(40)36-22-7-1-2-8-22,17-18-11-13-19(14-12-18)25(38)39)21-6-4-10-24(16-21)42-29(33,34)35/h3-6,9-16,22H,1-2,7-8,17H2,(H,38,39)(H2,36,37,40). The number of carboxylic acids is 1. The van der Waals surface area contributed by atoms with E-state index in [2.05, 4.69) is 20.1 Å². The summed E-state index contributed by atoms with van der Waals surface area (Å²) in [6, 6.07) is 14.1. The van der Waals surface area contributed by atoms with Crippen molar-refractivity contribution in [3.05, 3.63) is 95.1 Å². The largest absolute Gasteiger partial charge is 0.573 e. The Bertz CT molecular complexity index is 1340. The number of hydrogen-bond donors (Lipinski definition) is 3. The van der Waals surface area contributed by atoms with Crippen LogP contribution in [-0.4, -0.2) is 35.9 Å². The first-order valence-corrected chi connectivity index (χ1v) is 12.9. The van der Waals surface area contributed by atoms with Crippen molar-refractivity contribution in [2.75, 3.05) is 0 Å². The number of nitrogens with one attached hydrogen (secondary N) is 2. The van der Waals surface area contributed by atoms with Gasteiger partial charge in [-0.2, -0.15) is 0 Å². The molecule has 0 atom stereocenters. The molecule has 0 spiro atoms. The summed E-state index contributed by atoms with van der Waals surface area (Å²) in [5.41, 5.74) is -1.29. The number of halogens is 6. The third kappa shape index (κ3) is 8.08. The Hall–Kier alpha value is -4.42. The molecule has 3 aromatic carbocycles. The summed E-state index contributed by atoms with van der Waals surface area (Å²) in [4.78, 5) is 24.8. The second-order valence-electron chi connectivity index (χ2n) is 9.82. The molecule has 0 radical (unpaired) electrons. The van der Waals surface area contributed by atoms with Crippen molar-refractivity contribution in [3.63, 3.8) is 0 Å². The van der Waals surface area contributed by atoms with E-state index in [-0.39, 0.29) is 29.2 Å². The Labute approximate surface area is 236 Å². The van der Waals surface area contributed by atoms with E-state index in [0.717, 1.165) is 37.1 Å². The minimum atomic E-state index is -5.04. The fraction of sp³-hybridized carbons (Fsp3) is 0.310. The normalized spacial score (nSPS) is 14.3. The van der Waals surface area contributed by atoms with Gasteiger partial charge < -0.3 is 25.2 Å². The molecule has 7 nitrogen and oxygen atoms in total. The van der Waals surface area contributed by atoms with Crippen molar-refractivity contribution in [1.82, 2.24) is 10.6 Å². The second kappa shape index (κ2) is 12.2. The number of hydrogen-bond acceptors (Lipinski definition) is 4. The number of benzene rings is 3. The number of urea groups is 1. The first-order chi connectivity index (χ1) is 19.7. The van der Waals surface area contributed by atoms with Gasteiger partial charge in [0.15, 0.2) is 0 Å². The lowest BCUT2D eigenvalue weighted by Crippen LogP contribution is -2.53. The van der Waals surface area contributed by atoms with Crippen LogP contribution >= 0.6 is 0 Å². The third-order valence-corrected chi connectivity index (χ3v) is 6.81. The molecule has 0 aromatic heterocycles. The van der Waals surface area contributed by atoms with Gasteiger partial charge in [-0.25, -0.2) is 9.59 Å². The molecule has 1 aliphatic rings. The molecule has 42 heavy (non-hydrogen) atoms. The van der Waals surface area contributed by atoms with Crippen LogP contribution in [0.25, 0.3) is 0 Å². The Morgan fingerprint density at radius 1 is 0.786 bits per heavy atom. The van der Waals surface area contributed by atoms with Gasteiger partial charge in [0, 0.05) is 12.5 Å². The highest BCUT2D eigenvalue weighted by molar-refractivity contribution is 5.87. The summed E-state index contributed by atoms with van der Waals surface area (Å²) < 4.78 is 86.9. The van der Waals surface area contributed by atoms with Gasteiger partial charge in [-0.05, 0) is 65.9 Å². The fourth-order valence-corrected chi connectivity index (χ4v) is 5.03. The maximum absolute atomic E-state index is 13.4. The summed E-state index contributed by atoms with van der Waals surface area (Å²) in [6.45, 7) is 0. The van der Waals surface area contributed by atoms with Crippen LogP contribution < -0.4 is 20.1 Å². The molecule has 13 heteroatoms. The summed E-state index contributed by atoms with van der Waals surface area (Å²) in [7, 11) is 0. The Morgan fingerprint density at radius 3 is 1.74 bits per heavy atom. The molecule has 0 bridgehead atoms. The van der Waals surface area contributed by atoms with E-state index in [0.29, 0.717) is 18.4 Å². The summed E-state index contributed by atoms with van der Waals surface area (Å²) in [5.74, 6) is -2.44. The lowest BCUT2D eigenvalue weighted by Gasteiger charge is -2.37. The minimum absolute atomic E-state index is 0.0440. The van der Waals surface area contributed by atoms with Crippen LogP contribution in [0.3, 0.4) is 0 Å². The van der Waals surface area contributed by atoms with Gasteiger partial charge in [0.25, 0.3) is 0 Å². The fourth-order valence-electron chi connectivity index (χ4n) is 5.03. The van der Waals surface area contributed by atoms with Crippen LogP contribution in [0, 0.1) is 0 Å². The number of ether oxygens (including phenoxy) is 2. The zero-order chi connectivity index (χ0) is 30.5. The number of carboxylic acid groups (broad SMARTS) is 1. The highest BCUT2D eigenvalue weighted by atomic mass is 19.4. The van der Waals surface area contributed by atoms with Gasteiger partial charge in [0.05, 0.1) is 11.1 Å². The van der Waals surface area contributed by atoms with Crippen molar-refractivity contribution in [1.29, 1.82) is 0 Å². The molecule has 3 N–H and O–H groups in total. The van der Waals surface area contributed by atoms with Crippen LogP contribution in [0.5, 0.6) is 11.5 Å². The molecule has 224 valence electrons. The number of rotatable bonds is 9. The van der Waals surface area contributed by atoms with E-state index >= 15 is 0 Å². The Morgan fingerprint density at radius 2 is 1.29 bits per heavy atom. The first kappa shape index (κ1) is 30.5. The molecule has 0 unspecified atom stereocenters. The van der Waals surface area contributed by atoms with Crippen LogP contribution in [0.2, 0.25) is 0 Å². The predicted molar refractivity (Wildman–Crippen MR) is 138 cm³/mol. The van der Waals surface area contributed by atoms with Crippen molar-refractivity contribution >= 4 is 12.0 Å². The number of carbonyl (C=O) groups excluding carboxylic acids is 1. The van der Waals surface area contributed by atoms with E-state index in [1.807, 2.05) is 0 Å². The van der Waals surface area contributed by atoms with Crippen molar-refractivity contribution in [2.24, 2.45) is 0 Å². The van der Waals surface area contributed by atoms with E-state index < -0.39 is 41.8 Å². The number of amides is 2. The SMILES string of the molecule is O=C(NC1CCCC1)NC(Cc1ccc(C(=O)O)cc1)(c1cccc(OC(F)(F)F)c1)c1cccc(OC(F)(F)F)c1. The lowest BCUT2D eigenvalue weighted by molar-refractivity contribution is -0.275. The minimum Gasteiger partial charge on any atom is -0.478 e. The van der Waals surface area contributed by atoms with E-state index in [9.17, 15) is 41.0 Å². The van der Waals surface area contributed by atoms with E-state index in [1.54, 1.807) is 0 Å². The van der Waals surface area contributed by atoms with Crippen LogP contribution in [0.15, 0.2) is 72.8 Å². The number of carbonyl (C=O) groups is 2. The van der Waals surface area contributed by atoms with Gasteiger partial charge in [-0.3, -0.25) is 0 Å². The smallest absolute Gasteiger partial charge is 0.478 e. The van der Waals surface area contributed by atoms with Crippen LogP contribution in [0.4, 0.5) is 31.1 Å². The summed E-state index contributed by atoms with van der Waals surface area (Å²) in [6.07, 6.45) is -7.08. The van der Waals surface area contributed by atoms with Crippen molar-refractivity contribution in [3.8, 4) is 11.5 Å². The molecule has 4 rings (SSSR count). The van der Waals surface area contributed by atoms with Gasteiger partial charge >= 0.3 is 24.7 Å².